The molecule has 0 aliphatic rings. The highest BCUT2D eigenvalue weighted by Gasteiger charge is 2.18. The number of nitrogens with zero attached hydrogens (tertiary/aromatic N) is 4. The maximum atomic E-state index is 12.2. The molecule has 11 nitrogen and oxygen atoms in total. The summed E-state index contributed by atoms with van der Waals surface area (Å²) in [5, 5.41) is 10.1. The van der Waals surface area contributed by atoms with Gasteiger partial charge >= 0.3 is 6.03 Å². The van der Waals surface area contributed by atoms with Crippen LogP contribution >= 0.6 is 0 Å². The Morgan fingerprint density at radius 3 is 2.46 bits per heavy atom. The summed E-state index contributed by atoms with van der Waals surface area (Å²) in [6.45, 7) is -0.150. The lowest BCUT2D eigenvalue weighted by Crippen LogP contribution is -2.34. The van der Waals surface area contributed by atoms with Crippen LogP contribution in [0.2, 0.25) is 0 Å². The molecule has 1 aromatic carbocycles. The minimum atomic E-state index is -4.01. The number of urea groups is 1. The van der Waals surface area contributed by atoms with E-state index in [1.807, 2.05) is 4.72 Å². The molecular weight excluding hydrogens is 362 g/mol. The summed E-state index contributed by atoms with van der Waals surface area (Å²) in [5.41, 5.74) is 6.23. The predicted molar refractivity (Wildman–Crippen MR) is 92.4 cm³/mol. The van der Waals surface area contributed by atoms with Gasteiger partial charge in [0.15, 0.2) is 5.82 Å². The maximum Gasteiger partial charge on any atom is 0.322 e. The van der Waals surface area contributed by atoms with Gasteiger partial charge in [0.05, 0.1) is 11.1 Å². The first-order valence-electron chi connectivity index (χ1n) is 7.44. The molecular formula is C14H19N7O4S. The van der Waals surface area contributed by atoms with Gasteiger partial charge in [0.1, 0.15) is 6.54 Å². The minimum absolute atomic E-state index is 0.0598. The molecule has 1 heterocycles. The van der Waals surface area contributed by atoms with Gasteiger partial charge in [-0.3, -0.25) is 10.1 Å². The van der Waals surface area contributed by atoms with E-state index in [4.69, 9.17) is 5.73 Å². The number of carbonyl (C=O) groups excluding carboxylic acids is 2. The number of sulfonamides is 1. The third-order valence-electron chi connectivity index (χ3n) is 3.18. The molecule has 3 amide bonds. The summed E-state index contributed by atoms with van der Waals surface area (Å²) in [5.74, 6) is -0.689. The molecule has 140 valence electrons. The number of rotatable bonds is 6. The van der Waals surface area contributed by atoms with Crippen molar-refractivity contribution in [2.45, 2.75) is 18.0 Å². The van der Waals surface area contributed by atoms with E-state index in [0.717, 1.165) is 10.4 Å². The van der Waals surface area contributed by atoms with E-state index in [1.54, 1.807) is 26.2 Å². The van der Waals surface area contributed by atoms with Crippen molar-refractivity contribution in [3.05, 3.63) is 36.0 Å². The first kappa shape index (κ1) is 19.3. The average Bonchev–Trinajstić information content (AvgIpc) is 3.00. The molecule has 0 fully saturated rings. The molecule has 26 heavy (non-hydrogen) atoms. The van der Waals surface area contributed by atoms with Crippen LogP contribution in [0, 0.1) is 0 Å². The molecule has 12 heteroatoms. The third-order valence-corrected chi connectivity index (χ3v) is 4.57. The Morgan fingerprint density at radius 1 is 1.23 bits per heavy atom. The van der Waals surface area contributed by atoms with E-state index in [9.17, 15) is 18.0 Å². The van der Waals surface area contributed by atoms with Crippen LogP contribution in [0.15, 0.2) is 35.4 Å². The molecule has 0 bridgehead atoms. The number of nitrogens with two attached hydrogens (primary N) is 1. The molecule has 4 N–H and O–H groups in total. The molecule has 0 aliphatic heterocycles. The summed E-state index contributed by atoms with van der Waals surface area (Å²) < 4.78 is 26.3. The topological polar surface area (TPSA) is 152 Å². The van der Waals surface area contributed by atoms with Gasteiger partial charge in [-0.2, -0.15) is 9.90 Å². The van der Waals surface area contributed by atoms with Crippen LogP contribution in [-0.2, 0) is 27.9 Å². The van der Waals surface area contributed by atoms with E-state index in [2.05, 4.69) is 15.5 Å². The highest BCUT2D eigenvalue weighted by Crippen LogP contribution is 2.10. The van der Waals surface area contributed by atoms with Gasteiger partial charge in [-0.25, -0.2) is 17.9 Å². The van der Waals surface area contributed by atoms with Crippen molar-refractivity contribution >= 4 is 27.8 Å². The summed E-state index contributed by atoms with van der Waals surface area (Å²) in [6.07, 6.45) is 1.24. The van der Waals surface area contributed by atoms with Gasteiger partial charge in [0, 0.05) is 20.6 Å². The molecule has 0 unspecified atom stereocenters. The zero-order valence-corrected chi connectivity index (χ0v) is 15.0. The van der Waals surface area contributed by atoms with Crippen molar-refractivity contribution in [2.24, 2.45) is 5.73 Å². The zero-order chi connectivity index (χ0) is 19.3. The largest absolute Gasteiger partial charge is 0.331 e. The molecule has 2 aromatic rings. The molecule has 0 spiro atoms. The second-order valence-electron chi connectivity index (χ2n) is 5.46. The molecule has 1 aromatic heterocycles. The first-order valence-corrected chi connectivity index (χ1v) is 8.92. The second kappa shape index (κ2) is 7.93. The second-order valence-corrected chi connectivity index (χ2v) is 7.14. The molecule has 2 rings (SSSR count). The Labute approximate surface area is 150 Å². The van der Waals surface area contributed by atoms with Crippen LogP contribution in [0.3, 0.4) is 0 Å². The molecule has 0 atom stereocenters. The fourth-order valence-electron chi connectivity index (χ4n) is 1.83. The Kier molecular flexibility index (Phi) is 5.90. The Hall–Kier alpha value is -2.99. The number of anilines is 1. The average molecular weight is 381 g/mol. The quantitative estimate of drug-likeness (QED) is 0.600. The highest BCUT2D eigenvalue weighted by atomic mass is 32.2. The predicted octanol–water partition coefficient (Wildman–Crippen LogP) is -0.665. The van der Waals surface area contributed by atoms with Crippen LogP contribution in [0.4, 0.5) is 10.6 Å². The lowest BCUT2D eigenvalue weighted by atomic mass is 10.2. The number of amides is 3. The number of hydrogen-bond acceptors (Lipinski definition) is 7. The normalized spacial score (nSPS) is 11.0. The zero-order valence-electron chi connectivity index (χ0n) is 14.2. The van der Waals surface area contributed by atoms with Crippen LogP contribution < -0.4 is 15.8 Å². The number of aromatic nitrogens is 3. The summed E-state index contributed by atoms with van der Waals surface area (Å²) in [6, 6.07) is 5.43. The smallest absolute Gasteiger partial charge is 0.322 e. The van der Waals surface area contributed by atoms with Crippen molar-refractivity contribution in [3.8, 4) is 0 Å². The number of hydrogen-bond donors (Lipinski definition) is 3. The monoisotopic (exact) mass is 381 g/mol. The molecule has 0 saturated carbocycles. The van der Waals surface area contributed by atoms with E-state index in [0.29, 0.717) is 0 Å². The van der Waals surface area contributed by atoms with Crippen molar-refractivity contribution < 1.29 is 18.0 Å². The third kappa shape index (κ3) is 5.00. The number of nitrogens with one attached hydrogen (secondary N) is 2. The lowest BCUT2D eigenvalue weighted by molar-refractivity contribution is -0.120. The Balaban J connectivity index is 1.99. The van der Waals surface area contributed by atoms with Gasteiger partial charge in [-0.05, 0) is 17.7 Å². The lowest BCUT2D eigenvalue weighted by Gasteiger charge is -2.09. The molecule has 0 aliphatic carbocycles. The van der Waals surface area contributed by atoms with E-state index >= 15 is 0 Å². The summed E-state index contributed by atoms with van der Waals surface area (Å²) in [4.78, 5) is 25.7. The van der Waals surface area contributed by atoms with Gasteiger partial charge in [-0.15, -0.1) is 5.10 Å². The minimum Gasteiger partial charge on any atom is -0.331 e. The summed E-state index contributed by atoms with van der Waals surface area (Å²) >= 11 is 0. The van der Waals surface area contributed by atoms with E-state index in [1.165, 1.54) is 23.2 Å². The first-order chi connectivity index (χ1) is 12.2. The van der Waals surface area contributed by atoms with Crippen molar-refractivity contribution in [1.82, 2.24) is 24.6 Å². The molecule has 0 saturated heterocycles. The Morgan fingerprint density at radius 2 is 1.88 bits per heavy atom. The molecule has 0 radical (unpaired) electrons. The van der Waals surface area contributed by atoms with Crippen LogP contribution in [0.1, 0.15) is 5.56 Å². The van der Waals surface area contributed by atoms with E-state index < -0.39 is 28.5 Å². The Bertz CT molecular complexity index is 890. The van der Waals surface area contributed by atoms with Crippen molar-refractivity contribution in [1.29, 1.82) is 0 Å². The van der Waals surface area contributed by atoms with Crippen molar-refractivity contribution in [3.63, 3.8) is 0 Å². The van der Waals surface area contributed by atoms with Crippen LogP contribution in [0.25, 0.3) is 0 Å². The standard InChI is InChI=1S/C14H19N7O4S/c1-20(2)14(23)17-12-8-16-21(18-12)9-13(22)19-26(24,25)11-5-3-10(7-15)4-6-11/h3-6,8H,7,9,15H2,1-2H3,(H,19,22)(H,17,18,23). The number of benzene rings is 1. The van der Waals surface area contributed by atoms with Gasteiger partial charge in [0.25, 0.3) is 15.9 Å². The van der Waals surface area contributed by atoms with Gasteiger partial charge in [0.2, 0.25) is 0 Å². The fourth-order valence-corrected chi connectivity index (χ4v) is 2.80. The van der Waals surface area contributed by atoms with Gasteiger partial charge in [-0.1, -0.05) is 12.1 Å². The highest BCUT2D eigenvalue weighted by molar-refractivity contribution is 7.90. The fraction of sp³-hybridized carbons (Fsp3) is 0.286. The summed E-state index contributed by atoms with van der Waals surface area (Å²) in [7, 11) is -0.906. The number of carbonyl (C=O) groups is 2. The SMILES string of the molecule is CN(C)C(=O)Nc1cnn(CC(=O)NS(=O)(=O)c2ccc(CN)cc2)n1. The van der Waals surface area contributed by atoms with E-state index in [-0.39, 0.29) is 17.3 Å². The van der Waals surface area contributed by atoms with Crippen molar-refractivity contribution in [2.75, 3.05) is 19.4 Å². The van der Waals surface area contributed by atoms with Crippen LogP contribution in [0.5, 0.6) is 0 Å². The van der Waals surface area contributed by atoms with Gasteiger partial charge < -0.3 is 10.6 Å². The maximum absolute atomic E-state index is 12.2. The van der Waals surface area contributed by atoms with Crippen LogP contribution in [-0.4, -0.2) is 54.3 Å².